The summed E-state index contributed by atoms with van der Waals surface area (Å²) in [5.74, 6) is -1.03. The molecule has 1 heterocycles. The molecule has 0 aromatic carbocycles. The molecule has 1 aromatic heterocycles. The molecule has 0 aliphatic rings. The Balaban J connectivity index is 3.31. The van der Waals surface area contributed by atoms with Crippen molar-refractivity contribution in [2.75, 3.05) is 13.7 Å². The summed E-state index contributed by atoms with van der Waals surface area (Å²) in [6, 6.07) is 0.778. The number of halogens is 2. The van der Waals surface area contributed by atoms with E-state index in [2.05, 4.69) is 9.72 Å². The number of nitrogens with one attached hydrogen (secondary N) is 1. The van der Waals surface area contributed by atoms with Gasteiger partial charge in [0.1, 0.15) is 5.56 Å². The van der Waals surface area contributed by atoms with Crippen molar-refractivity contribution in [3.63, 3.8) is 0 Å². The highest BCUT2D eigenvalue weighted by Crippen LogP contribution is 2.21. The SMILES string of the molecule is CCOC(=O)c1cc(C(F)F)c(=O)[nH]c1OC. The predicted molar refractivity (Wildman–Crippen MR) is 54.5 cm³/mol. The highest BCUT2D eigenvalue weighted by atomic mass is 19.3. The third kappa shape index (κ3) is 2.80. The summed E-state index contributed by atoms with van der Waals surface area (Å²) >= 11 is 0. The van der Waals surface area contributed by atoms with Gasteiger partial charge in [0.15, 0.2) is 0 Å². The van der Waals surface area contributed by atoms with Crippen molar-refractivity contribution in [2.45, 2.75) is 13.3 Å². The van der Waals surface area contributed by atoms with E-state index >= 15 is 0 Å². The molecule has 5 nitrogen and oxygen atoms in total. The maximum atomic E-state index is 12.5. The highest BCUT2D eigenvalue weighted by Gasteiger charge is 2.21. The van der Waals surface area contributed by atoms with Crippen LogP contribution in [-0.2, 0) is 4.74 Å². The molecule has 1 rings (SSSR count). The maximum Gasteiger partial charge on any atom is 0.343 e. The first-order valence-corrected chi connectivity index (χ1v) is 4.77. The van der Waals surface area contributed by atoms with Gasteiger partial charge in [-0.25, -0.2) is 13.6 Å². The average Bonchev–Trinajstić information content (AvgIpc) is 2.28. The van der Waals surface area contributed by atoms with Crippen LogP contribution in [0.5, 0.6) is 5.88 Å². The lowest BCUT2D eigenvalue weighted by molar-refractivity contribution is 0.0521. The Labute approximate surface area is 95.4 Å². The summed E-state index contributed by atoms with van der Waals surface area (Å²) in [6.45, 7) is 1.66. The van der Waals surface area contributed by atoms with Crippen LogP contribution in [0.15, 0.2) is 10.9 Å². The molecule has 0 spiro atoms. The zero-order valence-electron chi connectivity index (χ0n) is 9.25. The van der Waals surface area contributed by atoms with Crippen LogP contribution < -0.4 is 10.3 Å². The summed E-state index contributed by atoms with van der Waals surface area (Å²) < 4.78 is 34.3. The van der Waals surface area contributed by atoms with Crippen molar-refractivity contribution in [3.8, 4) is 5.88 Å². The second kappa shape index (κ2) is 5.42. The molecule has 0 saturated carbocycles. The molecule has 1 aromatic rings. The number of esters is 1. The maximum absolute atomic E-state index is 12.5. The molecule has 0 radical (unpaired) electrons. The standard InChI is InChI=1S/C10H11F2NO4/c1-3-17-10(15)6-4-5(7(11)12)8(14)13-9(6)16-2/h4,7H,3H2,1-2H3,(H,13,14). The molecule has 0 aliphatic heterocycles. The molecule has 0 saturated heterocycles. The number of methoxy groups -OCH3 is 1. The van der Waals surface area contributed by atoms with Crippen LogP contribution in [0.1, 0.15) is 29.3 Å². The molecule has 0 unspecified atom stereocenters. The zero-order valence-corrected chi connectivity index (χ0v) is 9.25. The van der Waals surface area contributed by atoms with E-state index in [0.717, 1.165) is 6.07 Å². The molecule has 7 heteroatoms. The van der Waals surface area contributed by atoms with Gasteiger partial charge in [-0.1, -0.05) is 0 Å². The van der Waals surface area contributed by atoms with Gasteiger partial charge >= 0.3 is 5.97 Å². The van der Waals surface area contributed by atoms with E-state index in [1.54, 1.807) is 6.92 Å². The zero-order chi connectivity index (χ0) is 13.0. The molecule has 0 aliphatic carbocycles. The fraction of sp³-hybridized carbons (Fsp3) is 0.400. The first-order valence-electron chi connectivity index (χ1n) is 4.77. The normalized spacial score (nSPS) is 10.4. The Bertz CT molecular complexity index is 470. The van der Waals surface area contributed by atoms with E-state index < -0.39 is 23.5 Å². The van der Waals surface area contributed by atoms with E-state index in [1.807, 2.05) is 0 Å². The molecule has 94 valence electrons. The second-order valence-electron chi connectivity index (χ2n) is 3.02. The summed E-state index contributed by atoms with van der Waals surface area (Å²) in [5.41, 5.74) is -2.02. The van der Waals surface area contributed by atoms with E-state index in [1.165, 1.54) is 7.11 Å². The lowest BCUT2D eigenvalue weighted by atomic mass is 10.2. The van der Waals surface area contributed by atoms with Gasteiger partial charge in [-0.3, -0.25) is 9.78 Å². The summed E-state index contributed by atoms with van der Waals surface area (Å²) in [6.07, 6.45) is -2.97. The molecule has 1 N–H and O–H groups in total. The number of alkyl halides is 2. The van der Waals surface area contributed by atoms with Crippen LogP contribution >= 0.6 is 0 Å². The van der Waals surface area contributed by atoms with Gasteiger partial charge < -0.3 is 9.47 Å². The van der Waals surface area contributed by atoms with Crippen LogP contribution in [0.2, 0.25) is 0 Å². The topological polar surface area (TPSA) is 68.4 Å². The Kier molecular flexibility index (Phi) is 4.19. The van der Waals surface area contributed by atoms with Crippen LogP contribution in [0.4, 0.5) is 8.78 Å². The minimum absolute atomic E-state index is 0.0884. The molecule has 0 amide bonds. The number of rotatable bonds is 4. The van der Waals surface area contributed by atoms with Gasteiger partial charge in [0, 0.05) is 0 Å². The number of pyridine rings is 1. The summed E-state index contributed by atoms with van der Waals surface area (Å²) in [4.78, 5) is 24.7. The van der Waals surface area contributed by atoms with Gasteiger partial charge in [-0.2, -0.15) is 0 Å². The molecule has 17 heavy (non-hydrogen) atoms. The number of carbonyl (C=O) groups excluding carboxylic acids is 1. The first-order chi connectivity index (χ1) is 8.01. The summed E-state index contributed by atoms with van der Waals surface area (Å²) in [7, 11) is 1.20. The van der Waals surface area contributed by atoms with Gasteiger partial charge in [-0.05, 0) is 13.0 Å². The monoisotopic (exact) mass is 247 g/mol. The lowest BCUT2D eigenvalue weighted by Crippen LogP contribution is -2.18. The van der Waals surface area contributed by atoms with Crippen molar-refractivity contribution < 1.29 is 23.0 Å². The Hall–Kier alpha value is -1.92. The quantitative estimate of drug-likeness (QED) is 0.818. The number of aromatic amines is 1. The molecule has 0 atom stereocenters. The fourth-order valence-corrected chi connectivity index (χ4v) is 1.21. The van der Waals surface area contributed by atoms with Gasteiger partial charge in [-0.15, -0.1) is 0 Å². The Morgan fingerprint density at radius 1 is 1.53 bits per heavy atom. The van der Waals surface area contributed by atoms with E-state index in [4.69, 9.17) is 4.74 Å². The molecular formula is C10H11F2NO4. The van der Waals surface area contributed by atoms with Crippen molar-refractivity contribution in [3.05, 3.63) is 27.5 Å². The number of carbonyl (C=O) groups is 1. The third-order valence-electron chi connectivity index (χ3n) is 1.97. The van der Waals surface area contributed by atoms with Gasteiger partial charge in [0.2, 0.25) is 5.88 Å². The second-order valence-corrected chi connectivity index (χ2v) is 3.02. The first kappa shape index (κ1) is 13.1. The van der Waals surface area contributed by atoms with Crippen LogP contribution in [0.3, 0.4) is 0 Å². The number of ether oxygens (including phenoxy) is 2. The fourth-order valence-electron chi connectivity index (χ4n) is 1.21. The van der Waals surface area contributed by atoms with E-state index in [-0.39, 0.29) is 18.1 Å². The van der Waals surface area contributed by atoms with Crippen LogP contribution in [-0.4, -0.2) is 24.7 Å². The van der Waals surface area contributed by atoms with Crippen molar-refractivity contribution in [1.29, 1.82) is 0 Å². The van der Waals surface area contributed by atoms with Crippen molar-refractivity contribution >= 4 is 5.97 Å². The lowest BCUT2D eigenvalue weighted by Gasteiger charge is -2.08. The molecular weight excluding hydrogens is 236 g/mol. The highest BCUT2D eigenvalue weighted by molar-refractivity contribution is 5.92. The van der Waals surface area contributed by atoms with Gasteiger partial charge in [0.05, 0.1) is 19.3 Å². The Morgan fingerprint density at radius 2 is 2.18 bits per heavy atom. The van der Waals surface area contributed by atoms with Crippen molar-refractivity contribution in [1.82, 2.24) is 4.98 Å². The predicted octanol–water partition coefficient (Wildman–Crippen LogP) is 1.50. The minimum atomic E-state index is -2.97. The average molecular weight is 247 g/mol. The number of hydrogen-bond donors (Lipinski definition) is 1. The smallest absolute Gasteiger partial charge is 0.343 e. The van der Waals surface area contributed by atoms with Gasteiger partial charge in [0.25, 0.3) is 12.0 Å². The number of hydrogen-bond acceptors (Lipinski definition) is 4. The third-order valence-corrected chi connectivity index (χ3v) is 1.97. The Morgan fingerprint density at radius 3 is 2.65 bits per heavy atom. The minimum Gasteiger partial charge on any atom is -0.482 e. The summed E-state index contributed by atoms with van der Waals surface area (Å²) in [5, 5.41) is 0. The van der Waals surface area contributed by atoms with Crippen molar-refractivity contribution in [2.24, 2.45) is 0 Å². The van der Waals surface area contributed by atoms with Crippen LogP contribution in [0, 0.1) is 0 Å². The largest absolute Gasteiger partial charge is 0.482 e. The van der Waals surface area contributed by atoms with Crippen LogP contribution in [0.25, 0.3) is 0 Å². The number of H-pyrrole nitrogens is 1. The molecule has 0 bridgehead atoms. The molecule has 0 fully saturated rings. The van der Waals surface area contributed by atoms with E-state index in [0.29, 0.717) is 0 Å². The van der Waals surface area contributed by atoms with E-state index in [9.17, 15) is 18.4 Å². The number of aromatic nitrogens is 1.